The lowest BCUT2D eigenvalue weighted by molar-refractivity contribution is 0.101. The molecule has 5 heterocycles. The molecule has 16 rings (SSSR count). The van der Waals surface area contributed by atoms with Crippen molar-refractivity contribution >= 4 is 214 Å². The van der Waals surface area contributed by atoms with Gasteiger partial charge in [-0.15, -0.1) is 0 Å². The Morgan fingerprint density at radius 2 is 0.610 bits per heavy atom. The van der Waals surface area contributed by atoms with Crippen molar-refractivity contribution in [3.63, 3.8) is 0 Å². The number of sulfonamides is 4. The normalized spacial score (nSPS) is 14.9. The number of carbonyl (C=O) groups is 8. The molecule has 0 atom stereocenters. The lowest BCUT2D eigenvalue weighted by atomic mass is 10.1. The predicted molar refractivity (Wildman–Crippen MR) is 530 cm³/mol. The second-order valence-electron chi connectivity index (χ2n) is 31.2. The van der Waals surface area contributed by atoms with Gasteiger partial charge in [-0.25, -0.2) is 42.5 Å². The first-order valence-electron chi connectivity index (χ1n) is 42.2. The number of amides is 8. The summed E-state index contributed by atoms with van der Waals surface area (Å²) in [7, 11) is -13.7. The zero-order valence-corrected chi connectivity index (χ0v) is 79.2. The highest BCUT2D eigenvalue weighted by Crippen LogP contribution is 2.36. The van der Waals surface area contributed by atoms with E-state index in [9.17, 15) is 80.8 Å². The highest BCUT2D eigenvalue weighted by Gasteiger charge is 2.32. The molecule has 0 bridgehead atoms. The summed E-state index contributed by atoms with van der Waals surface area (Å²) in [4.78, 5) is 105. The molecule has 136 heavy (non-hydrogen) atoms. The fraction of sp³-hybridized carbons (Fsp3) is 0.177. The first-order valence-corrected chi connectivity index (χ1v) is 50.6. The van der Waals surface area contributed by atoms with E-state index in [1.807, 2.05) is 6.07 Å². The van der Waals surface area contributed by atoms with Crippen LogP contribution in [-0.2, 0) is 40.1 Å². The predicted octanol–water partition coefficient (Wildman–Crippen LogP) is 19.7. The Labute approximate surface area is 808 Å². The van der Waals surface area contributed by atoms with E-state index in [2.05, 4.69) is 47.5 Å². The number of halogens is 7. The van der Waals surface area contributed by atoms with Crippen LogP contribution >= 0.6 is 58.0 Å². The van der Waals surface area contributed by atoms with Crippen molar-refractivity contribution in [2.24, 2.45) is 0 Å². The Balaban J connectivity index is 0.000000153. The van der Waals surface area contributed by atoms with Crippen molar-refractivity contribution in [2.75, 3.05) is 109 Å². The van der Waals surface area contributed by atoms with Crippen molar-refractivity contribution in [1.29, 1.82) is 0 Å². The first kappa shape index (κ1) is 100. The molecule has 704 valence electrons. The van der Waals surface area contributed by atoms with Gasteiger partial charge in [0.2, 0.25) is 40.1 Å². The van der Waals surface area contributed by atoms with Gasteiger partial charge in [0, 0.05) is 94.3 Å². The van der Waals surface area contributed by atoms with E-state index in [-0.39, 0.29) is 109 Å². The molecule has 0 spiro atoms. The fourth-order valence-electron chi connectivity index (χ4n) is 14.4. The van der Waals surface area contributed by atoms with Crippen LogP contribution in [0.2, 0.25) is 25.1 Å². The summed E-state index contributed by atoms with van der Waals surface area (Å²) in [6.07, 6.45) is 8.36. The maximum atomic E-state index is 14.8. The number of nitrogens with zero attached hydrogens (tertiary/aromatic N) is 5. The molecule has 4 fully saturated rings. The van der Waals surface area contributed by atoms with Crippen LogP contribution in [0.1, 0.15) is 140 Å². The second kappa shape index (κ2) is 44.9. The van der Waals surface area contributed by atoms with Crippen LogP contribution in [0, 0.1) is 18.6 Å². The van der Waals surface area contributed by atoms with Gasteiger partial charge >= 0.3 is 0 Å². The van der Waals surface area contributed by atoms with Crippen LogP contribution in [0.3, 0.4) is 0 Å². The molecule has 8 N–H and O–H groups in total. The summed E-state index contributed by atoms with van der Waals surface area (Å²) >= 11 is 30.9. The molecule has 0 saturated carbocycles. The number of anilines is 12. The van der Waals surface area contributed by atoms with Crippen molar-refractivity contribution in [1.82, 2.24) is 4.98 Å². The average Bonchev–Trinajstić information content (AvgIpc) is 0.808. The molecule has 4 saturated heterocycles. The molecule has 0 aliphatic carbocycles. The summed E-state index contributed by atoms with van der Waals surface area (Å²) < 4.78 is 133. The number of aromatic nitrogens is 1. The number of pyridine rings is 1. The molecule has 11 aromatic carbocycles. The van der Waals surface area contributed by atoms with Gasteiger partial charge in [0.25, 0.3) is 47.3 Å². The number of rotatable bonds is 20. The molecule has 0 unspecified atom stereocenters. The molecule has 40 heteroatoms. The third-order valence-corrected chi connectivity index (χ3v) is 30.5. The molecule has 4 aliphatic heterocycles. The average molecular weight is 2020 g/mol. The third kappa shape index (κ3) is 26.0. The number of hydrogen-bond acceptors (Lipinski definition) is 17. The van der Waals surface area contributed by atoms with Crippen LogP contribution in [0.5, 0.6) is 0 Å². The van der Waals surface area contributed by atoms with E-state index in [0.29, 0.717) is 146 Å². The quantitative estimate of drug-likeness (QED) is 0.0351. The van der Waals surface area contributed by atoms with Gasteiger partial charge in [0.05, 0.1) is 105 Å². The highest BCUT2D eigenvalue weighted by molar-refractivity contribution is 7.93. The van der Waals surface area contributed by atoms with E-state index < -0.39 is 69.4 Å². The second-order valence-corrected chi connectivity index (χ2v) is 41.3. The minimum atomic E-state index is -3.49. The lowest BCUT2D eigenvalue weighted by Crippen LogP contribution is -2.37. The Morgan fingerprint density at radius 1 is 0.287 bits per heavy atom. The monoisotopic (exact) mass is 2020 g/mol. The fourth-order valence-corrected chi connectivity index (χ4v) is 21.9. The summed E-state index contributed by atoms with van der Waals surface area (Å²) in [5.41, 5.74) is 6.75. The number of carbonyl (C=O) groups excluding carboxylic acids is 8. The largest absolute Gasteiger partial charge is 0.322 e. The molecule has 12 aromatic rings. The van der Waals surface area contributed by atoms with Gasteiger partial charge in [0.1, 0.15) is 11.6 Å². The van der Waals surface area contributed by atoms with Gasteiger partial charge in [-0.05, 0) is 264 Å². The Morgan fingerprint density at radius 3 is 1.00 bits per heavy atom. The van der Waals surface area contributed by atoms with Gasteiger partial charge in [-0.1, -0.05) is 107 Å². The van der Waals surface area contributed by atoms with Crippen LogP contribution in [0.25, 0.3) is 0 Å². The highest BCUT2D eigenvalue weighted by atomic mass is 35.5. The van der Waals surface area contributed by atoms with Crippen LogP contribution in [-0.4, -0.2) is 135 Å². The van der Waals surface area contributed by atoms with E-state index in [1.165, 1.54) is 78.0 Å². The lowest BCUT2D eigenvalue weighted by Gasteiger charge is -2.28. The van der Waals surface area contributed by atoms with Crippen molar-refractivity contribution < 1.29 is 80.8 Å². The number of hydrogen-bond donors (Lipinski definition) is 8. The molecule has 0 radical (unpaired) electrons. The van der Waals surface area contributed by atoms with Crippen LogP contribution in [0.4, 0.5) is 77.0 Å². The molecule has 4 aliphatic rings. The smallest absolute Gasteiger partial charge is 0.258 e. The molecule has 29 nitrogen and oxygen atoms in total. The summed E-state index contributed by atoms with van der Waals surface area (Å²) in [6.45, 7) is 3.17. The number of aryl methyl sites for hydroxylation is 1. The number of nitrogens with one attached hydrogen (secondary N) is 8. The summed E-state index contributed by atoms with van der Waals surface area (Å²) in [5, 5.41) is 23.0. The van der Waals surface area contributed by atoms with E-state index in [1.54, 1.807) is 189 Å². The zero-order valence-electron chi connectivity index (χ0n) is 72.2. The minimum Gasteiger partial charge on any atom is -0.322 e. The van der Waals surface area contributed by atoms with Crippen LogP contribution < -0.4 is 59.8 Å². The minimum absolute atomic E-state index is 0.0105. The molecule has 1 aromatic heterocycles. The van der Waals surface area contributed by atoms with Gasteiger partial charge in [0.15, 0.2) is 0 Å². The zero-order chi connectivity index (χ0) is 97.2. The molecular weight excluding hydrogens is 1930 g/mol. The summed E-state index contributed by atoms with van der Waals surface area (Å²) in [5.74, 6) is -5.18. The van der Waals surface area contributed by atoms with Gasteiger partial charge < -0.3 is 42.5 Å². The van der Waals surface area contributed by atoms with Crippen molar-refractivity contribution in [2.45, 2.75) is 58.3 Å². The third-order valence-electron chi connectivity index (χ3n) is 21.5. The maximum absolute atomic E-state index is 14.8. The van der Waals surface area contributed by atoms with Crippen molar-refractivity contribution in [3.8, 4) is 0 Å². The van der Waals surface area contributed by atoms with Crippen molar-refractivity contribution in [3.05, 3.63) is 348 Å². The maximum Gasteiger partial charge on any atom is 0.258 e. The van der Waals surface area contributed by atoms with E-state index >= 15 is 0 Å². The number of benzene rings is 11. The van der Waals surface area contributed by atoms with E-state index in [0.717, 1.165) is 30.5 Å². The topological polar surface area (TPSA) is 395 Å². The summed E-state index contributed by atoms with van der Waals surface area (Å²) in [6, 6.07) is 64.2. The molecule has 8 amide bonds. The van der Waals surface area contributed by atoms with E-state index in [4.69, 9.17) is 58.0 Å². The molecular formula is C96H86Cl5F2N13O16S4. The first-order chi connectivity index (χ1) is 65.0. The van der Waals surface area contributed by atoms with Crippen LogP contribution in [0.15, 0.2) is 261 Å². The Kier molecular flexibility index (Phi) is 33.0. The Bertz CT molecular complexity index is 6850. The van der Waals surface area contributed by atoms with Gasteiger partial charge in [-0.2, -0.15) is 0 Å². The SMILES string of the molecule is Cc1ccc(NC(=O)c2ccc(N3CCCCS3(=O)=O)cc2F)cc1NC(=O)c1cccc(Cl)c1.O=C(Nc1cc(NC(=O)c2ccc(N3CCCCS3(=O)=O)cc2Cl)ccc1Cl)c1ccccc1.O=C(Nc1cc(NC(=O)c2ccc(N3CCCCS3(=O)=O)cc2F)ccc1Cl)c1ccccc1.O=C(Nc1ccc(Cl)c(NC(=O)c2cccnc2)c1)c1ccc(N2CCCCS2(=O)=O)cc1. The standard InChI is InChI=1S/C25H23ClFN3O4S.C24H21Cl2N3O4S.C24H21ClFN3O4S.C23H21ClN4O4S/c1-16-7-8-19(14-23(16)29-24(31)17-5-4-6-18(26)13-17)28-25(32)21-10-9-20(15-22(21)27)30-11-2-3-12-35(30,33)34;2*25-20-11-8-17(14-22(20)28-23(30)16-6-2-1-3-7-16)27-24(31)19-10-9-18(15-21(19)26)29-12-4-5-13-34(29,32)33;24-20-10-7-18(14-21(20)27-23(30)17-4-3-11-25-15-17)26-22(29)16-5-8-19(9-6-16)28-12-1-2-13-33(28,31)32/h4-10,13-15H,2-3,11-12H2,1H3,(H,28,32)(H,29,31);2*1-3,6-11,14-15H,4-5,12-13H2,(H,27,31)(H,28,30);3-11,14-15H,1-2,12-13H2,(H,26,29)(H,27,30). The van der Waals surface area contributed by atoms with Gasteiger partial charge in [-0.3, -0.25) is 60.6 Å². The Hall–Kier alpha value is -13.4.